The van der Waals surface area contributed by atoms with Gasteiger partial charge in [-0.15, -0.1) is 10.2 Å². The number of anilines is 1. The van der Waals surface area contributed by atoms with Crippen LogP contribution >= 0.6 is 11.8 Å². The number of nitrogens with zero attached hydrogens (tertiary/aromatic N) is 4. The second-order valence-corrected chi connectivity index (χ2v) is 7.66. The highest BCUT2D eigenvalue weighted by molar-refractivity contribution is 7.99. The van der Waals surface area contributed by atoms with Crippen LogP contribution in [0.2, 0.25) is 0 Å². The van der Waals surface area contributed by atoms with E-state index in [9.17, 15) is 4.79 Å². The van der Waals surface area contributed by atoms with Gasteiger partial charge in [0.25, 0.3) is 0 Å². The predicted octanol–water partition coefficient (Wildman–Crippen LogP) is 4.62. The van der Waals surface area contributed by atoms with Crippen LogP contribution in [0.25, 0.3) is 16.9 Å². The molecule has 2 aromatic heterocycles. The van der Waals surface area contributed by atoms with E-state index in [-0.39, 0.29) is 11.7 Å². The summed E-state index contributed by atoms with van der Waals surface area (Å²) in [4.78, 5) is 16.2. The lowest BCUT2D eigenvalue weighted by Gasteiger charge is -2.06. The van der Waals surface area contributed by atoms with Gasteiger partial charge in [0.2, 0.25) is 5.91 Å². The lowest BCUT2D eigenvalue weighted by molar-refractivity contribution is -0.113. The van der Waals surface area contributed by atoms with Crippen LogP contribution in [0.4, 0.5) is 5.69 Å². The maximum Gasteiger partial charge on any atom is 0.234 e. The van der Waals surface area contributed by atoms with Crippen LogP contribution in [0.15, 0.2) is 84.4 Å². The van der Waals surface area contributed by atoms with E-state index in [1.165, 1.54) is 17.3 Å². The third-order valence-corrected chi connectivity index (χ3v) is 5.52. The van der Waals surface area contributed by atoms with Crippen molar-refractivity contribution in [2.75, 3.05) is 11.1 Å². The van der Waals surface area contributed by atoms with Crippen molar-refractivity contribution in [2.45, 2.75) is 18.4 Å². The number of carbonyl (C=O) groups is 1. The molecule has 2 aromatic carbocycles. The highest BCUT2D eigenvalue weighted by Crippen LogP contribution is 2.21. The Bertz CT molecular complexity index is 1090. The van der Waals surface area contributed by atoms with E-state index in [2.05, 4.69) is 27.4 Å². The summed E-state index contributed by atoms with van der Waals surface area (Å²) in [7, 11) is 0. The molecule has 2 heterocycles. The SMILES string of the molecule is CCc1ccc(NC(=O)CSc2ccc(-c3ccc(-n4ccnc4)cc3)nn2)cc1. The summed E-state index contributed by atoms with van der Waals surface area (Å²) in [6.45, 7) is 2.10. The second kappa shape index (κ2) is 9.37. The molecule has 30 heavy (non-hydrogen) atoms. The van der Waals surface area contributed by atoms with Gasteiger partial charge in [0.1, 0.15) is 5.03 Å². The van der Waals surface area contributed by atoms with E-state index in [1.54, 1.807) is 12.5 Å². The number of nitrogens with one attached hydrogen (secondary N) is 1. The van der Waals surface area contributed by atoms with Crippen molar-refractivity contribution in [3.8, 4) is 16.9 Å². The molecule has 0 saturated heterocycles. The van der Waals surface area contributed by atoms with E-state index >= 15 is 0 Å². The Balaban J connectivity index is 1.32. The minimum absolute atomic E-state index is 0.0646. The first-order chi connectivity index (χ1) is 14.7. The monoisotopic (exact) mass is 415 g/mol. The molecule has 0 unspecified atom stereocenters. The lowest BCUT2D eigenvalue weighted by atomic mass is 10.1. The van der Waals surface area contributed by atoms with Gasteiger partial charge in [0, 0.05) is 29.3 Å². The number of amides is 1. The quantitative estimate of drug-likeness (QED) is 0.446. The number of carbonyl (C=O) groups excluding carboxylic acids is 1. The third kappa shape index (κ3) is 4.93. The van der Waals surface area contributed by atoms with Gasteiger partial charge in [-0.3, -0.25) is 4.79 Å². The zero-order chi connectivity index (χ0) is 20.8. The average molecular weight is 416 g/mol. The summed E-state index contributed by atoms with van der Waals surface area (Å²) in [5.41, 5.74) is 4.85. The molecule has 6 nitrogen and oxygen atoms in total. The van der Waals surface area contributed by atoms with E-state index in [1.807, 2.05) is 71.4 Å². The van der Waals surface area contributed by atoms with Gasteiger partial charge < -0.3 is 9.88 Å². The van der Waals surface area contributed by atoms with Crippen molar-refractivity contribution < 1.29 is 4.79 Å². The number of hydrogen-bond donors (Lipinski definition) is 1. The molecule has 0 aliphatic carbocycles. The largest absolute Gasteiger partial charge is 0.325 e. The summed E-state index contributed by atoms with van der Waals surface area (Å²) in [6, 6.07) is 19.7. The van der Waals surface area contributed by atoms with Crippen LogP contribution in [-0.4, -0.2) is 31.4 Å². The predicted molar refractivity (Wildman–Crippen MR) is 120 cm³/mol. The molecule has 0 fully saturated rings. The van der Waals surface area contributed by atoms with Crippen LogP contribution in [0.1, 0.15) is 12.5 Å². The van der Waals surface area contributed by atoms with Gasteiger partial charge in [-0.05, 0) is 48.4 Å². The van der Waals surface area contributed by atoms with Gasteiger partial charge in [0.15, 0.2) is 0 Å². The Morgan fingerprint density at radius 2 is 1.80 bits per heavy atom. The standard InChI is InChI=1S/C23H21N5OS/c1-2-17-3-7-19(8-4-17)25-22(29)15-30-23-12-11-21(26-27-23)18-5-9-20(10-6-18)28-14-13-24-16-28/h3-14,16H,2,15H2,1H3,(H,25,29). The molecule has 1 N–H and O–H groups in total. The van der Waals surface area contributed by atoms with E-state index in [0.717, 1.165) is 29.1 Å². The van der Waals surface area contributed by atoms with Gasteiger partial charge in [-0.2, -0.15) is 0 Å². The molecule has 0 aliphatic rings. The average Bonchev–Trinajstić information content (AvgIpc) is 3.34. The van der Waals surface area contributed by atoms with Gasteiger partial charge in [0.05, 0.1) is 17.8 Å². The number of aromatic nitrogens is 4. The Morgan fingerprint density at radius 3 is 2.43 bits per heavy atom. The molecule has 0 aliphatic heterocycles. The van der Waals surface area contributed by atoms with Crippen molar-refractivity contribution in [2.24, 2.45) is 0 Å². The summed E-state index contributed by atoms with van der Waals surface area (Å²) >= 11 is 1.36. The second-order valence-electron chi connectivity index (χ2n) is 6.66. The Labute approximate surface area is 179 Å². The number of hydrogen-bond acceptors (Lipinski definition) is 5. The molecule has 150 valence electrons. The van der Waals surface area contributed by atoms with Crippen LogP contribution in [0.3, 0.4) is 0 Å². The molecule has 0 spiro atoms. The molecule has 0 atom stereocenters. The third-order valence-electron chi connectivity index (χ3n) is 4.60. The summed E-state index contributed by atoms with van der Waals surface area (Å²) < 4.78 is 1.94. The topological polar surface area (TPSA) is 72.7 Å². The number of aryl methyl sites for hydroxylation is 1. The molecule has 1 amide bonds. The highest BCUT2D eigenvalue weighted by Gasteiger charge is 2.07. The minimum Gasteiger partial charge on any atom is -0.325 e. The van der Waals surface area contributed by atoms with Crippen LogP contribution in [-0.2, 0) is 11.2 Å². The van der Waals surface area contributed by atoms with E-state index < -0.39 is 0 Å². The minimum atomic E-state index is -0.0646. The first-order valence-electron chi connectivity index (χ1n) is 9.65. The molecule has 0 saturated carbocycles. The zero-order valence-electron chi connectivity index (χ0n) is 16.5. The summed E-state index contributed by atoms with van der Waals surface area (Å²) in [6.07, 6.45) is 6.39. The van der Waals surface area contributed by atoms with E-state index in [0.29, 0.717) is 5.03 Å². The van der Waals surface area contributed by atoms with Gasteiger partial charge in [-0.1, -0.05) is 43.0 Å². The molecule has 7 heteroatoms. The van der Waals surface area contributed by atoms with Gasteiger partial charge in [-0.25, -0.2) is 4.98 Å². The fourth-order valence-corrected chi connectivity index (χ4v) is 3.54. The first-order valence-corrected chi connectivity index (χ1v) is 10.6. The highest BCUT2D eigenvalue weighted by atomic mass is 32.2. The Morgan fingerprint density at radius 1 is 1.00 bits per heavy atom. The maximum absolute atomic E-state index is 12.2. The molecule has 0 bridgehead atoms. The lowest BCUT2D eigenvalue weighted by Crippen LogP contribution is -2.14. The molecule has 4 rings (SSSR count). The van der Waals surface area contributed by atoms with Crippen LogP contribution in [0, 0.1) is 0 Å². The summed E-state index contributed by atoms with van der Waals surface area (Å²) in [5, 5.41) is 12.2. The fraction of sp³-hybridized carbons (Fsp3) is 0.130. The van der Waals surface area contributed by atoms with Crippen molar-refractivity contribution >= 4 is 23.4 Å². The van der Waals surface area contributed by atoms with Crippen molar-refractivity contribution in [3.63, 3.8) is 0 Å². The van der Waals surface area contributed by atoms with Crippen molar-refractivity contribution in [1.29, 1.82) is 0 Å². The molecular formula is C23H21N5OS. The molecular weight excluding hydrogens is 394 g/mol. The summed E-state index contributed by atoms with van der Waals surface area (Å²) in [5.74, 6) is 0.216. The number of imidazole rings is 1. The van der Waals surface area contributed by atoms with Crippen molar-refractivity contribution in [1.82, 2.24) is 19.7 Å². The molecule has 0 radical (unpaired) electrons. The van der Waals surface area contributed by atoms with Crippen LogP contribution in [0.5, 0.6) is 0 Å². The Kier molecular flexibility index (Phi) is 6.20. The first kappa shape index (κ1) is 19.8. The number of thioether (sulfide) groups is 1. The fourth-order valence-electron chi connectivity index (χ4n) is 2.93. The zero-order valence-corrected chi connectivity index (χ0v) is 17.3. The van der Waals surface area contributed by atoms with Crippen LogP contribution < -0.4 is 5.32 Å². The maximum atomic E-state index is 12.2. The molecule has 4 aromatic rings. The van der Waals surface area contributed by atoms with Crippen molar-refractivity contribution in [3.05, 3.63) is 84.9 Å². The normalized spacial score (nSPS) is 10.7. The number of benzene rings is 2. The van der Waals surface area contributed by atoms with E-state index in [4.69, 9.17) is 0 Å². The smallest absolute Gasteiger partial charge is 0.234 e. The number of rotatable bonds is 7. The Hall–Kier alpha value is -3.45. The van der Waals surface area contributed by atoms with Gasteiger partial charge >= 0.3 is 0 Å².